The van der Waals surface area contributed by atoms with Crippen molar-refractivity contribution in [2.45, 2.75) is 12.6 Å². The van der Waals surface area contributed by atoms with E-state index < -0.39 is 0 Å². The summed E-state index contributed by atoms with van der Waals surface area (Å²) in [5.74, 6) is 1.44. The molecule has 0 bridgehead atoms. The molecule has 2 heterocycles. The van der Waals surface area contributed by atoms with Crippen molar-refractivity contribution in [3.63, 3.8) is 0 Å². The highest BCUT2D eigenvalue weighted by atomic mass is 16.6. The number of pyridine rings is 1. The van der Waals surface area contributed by atoms with Crippen molar-refractivity contribution in [3.05, 3.63) is 54.4 Å². The Morgan fingerprint density at radius 3 is 2.86 bits per heavy atom. The van der Waals surface area contributed by atoms with Crippen molar-refractivity contribution in [1.82, 2.24) is 15.6 Å². The second-order valence-corrected chi connectivity index (χ2v) is 4.92. The highest BCUT2D eigenvalue weighted by Crippen LogP contribution is 2.30. The molecule has 0 fully saturated rings. The monoisotopic (exact) mass is 299 g/mol. The highest BCUT2D eigenvalue weighted by Gasteiger charge is 2.20. The summed E-state index contributed by atoms with van der Waals surface area (Å²) in [6.07, 6.45) is 3.22. The molecule has 1 atom stereocenters. The number of hydrogen-bond acceptors (Lipinski definition) is 4. The van der Waals surface area contributed by atoms with Crippen LogP contribution < -0.4 is 20.1 Å². The van der Waals surface area contributed by atoms with Gasteiger partial charge in [0.25, 0.3) is 0 Å². The van der Waals surface area contributed by atoms with E-state index in [1.165, 1.54) is 0 Å². The van der Waals surface area contributed by atoms with Gasteiger partial charge < -0.3 is 20.1 Å². The lowest BCUT2D eigenvalue weighted by atomic mass is 10.2. The molecule has 2 N–H and O–H groups in total. The summed E-state index contributed by atoms with van der Waals surface area (Å²) in [4.78, 5) is 15.8. The molecule has 22 heavy (non-hydrogen) atoms. The summed E-state index contributed by atoms with van der Waals surface area (Å²) in [5.41, 5.74) is 0.948. The van der Waals surface area contributed by atoms with Crippen LogP contribution in [0.1, 0.15) is 5.56 Å². The minimum Gasteiger partial charge on any atom is -0.486 e. The van der Waals surface area contributed by atoms with Crippen molar-refractivity contribution >= 4 is 6.03 Å². The molecule has 6 heteroatoms. The Morgan fingerprint density at radius 1 is 1.18 bits per heavy atom. The van der Waals surface area contributed by atoms with E-state index in [9.17, 15) is 4.79 Å². The first-order valence-electron chi connectivity index (χ1n) is 7.10. The van der Waals surface area contributed by atoms with Gasteiger partial charge in [-0.1, -0.05) is 18.2 Å². The van der Waals surface area contributed by atoms with Crippen LogP contribution in [0.4, 0.5) is 4.79 Å². The highest BCUT2D eigenvalue weighted by molar-refractivity contribution is 5.73. The minimum absolute atomic E-state index is 0.195. The molecule has 0 saturated carbocycles. The van der Waals surface area contributed by atoms with Gasteiger partial charge in [-0.3, -0.25) is 4.98 Å². The predicted octanol–water partition coefficient (Wildman–Crippen LogP) is 1.72. The fourth-order valence-electron chi connectivity index (χ4n) is 2.12. The predicted molar refractivity (Wildman–Crippen MR) is 80.8 cm³/mol. The van der Waals surface area contributed by atoms with Crippen LogP contribution in [-0.2, 0) is 6.54 Å². The summed E-state index contributed by atoms with van der Waals surface area (Å²) in [6.45, 7) is 1.23. The van der Waals surface area contributed by atoms with Crippen molar-refractivity contribution in [3.8, 4) is 11.5 Å². The third kappa shape index (κ3) is 3.66. The Bertz CT molecular complexity index is 634. The number of amides is 2. The number of nitrogens with zero attached hydrogens (tertiary/aromatic N) is 1. The Kier molecular flexibility index (Phi) is 4.38. The number of fused-ring (bicyclic) bond motifs is 1. The Hall–Kier alpha value is -2.76. The summed E-state index contributed by atoms with van der Waals surface area (Å²) in [7, 11) is 0. The first kappa shape index (κ1) is 14.2. The summed E-state index contributed by atoms with van der Waals surface area (Å²) in [6, 6.07) is 11.0. The maximum absolute atomic E-state index is 11.8. The molecule has 0 unspecified atom stereocenters. The van der Waals surface area contributed by atoms with Gasteiger partial charge in [0.15, 0.2) is 17.6 Å². The van der Waals surface area contributed by atoms with E-state index in [0.29, 0.717) is 25.4 Å². The normalized spacial score (nSPS) is 15.9. The molecule has 114 valence electrons. The lowest BCUT2D eigenvalue weighted by Gasteiger charge is -2.26. The summed E-state index contributed by atoms with van der Waals surface area (Å²) < 4.78 is 11.4. The Balaban J connectivity index is 1.42. The molecule has 2 amide bonds. The zero-order chi connectivity index (χ0) is 15.2. The van der Waals surface area contributed by atoms with Gasteiger partial charge in [0.2, 0.25) is 0 Å². The van der Waals surface area contributed by atoms with Gasteiger partial charge in [0.1, 0.15) is 6.61 Å². The van der Waals surface area contributed by atoms with Crippen LogP contribution in [0.5, 0.6) is 11.5 Å². The van der Waals surface area contributed by atoms with Crippen LogP contribution in [-0.4, -0.2) is 30.3 Å². The van der Waals surface area contributed by atoms with Crippen LogP contribution in [0.15, 0.2) is 48.8 Å². The number of ether oxygens (including phenoxy) is 2. The van der Waals surface area contributed by atoms with E-state index in [2.05, 4.69) is 15.6 Å². The number of benzene rings is 1. The van der Waals surface area contributed by atoms with E-state index in [0.717, 1.165) is 11.3 Å². The number of carbonyl (C=O) groups excluding carboxylic acids is 1. The van der Waals surface area contributed by atoms with E-state index in [1.54, 1.807) is 12.4 Å². The van der Waals surface area contributed by atoms with Crippen LogP contribution in [0, 0.1) is 0 Å². The number of urea groups is 1. The van der Waals surface area contributed by atoms with Gasteiger partial charge in [0.05, 0.1) is 6.54 Å². The molecular weight excluding hydrogens is 282 g/mol. The van der Waals surface area contributed by atoms with Gasteiger partial charge in [-0.15, -0.1) is 0 Å². The number of nitrogens with one attached hydrogen (secondary N) is 2. The van der Waals surface area contributed by atoms with Crippen molar-refractivity contribution in [2.24, 2.45) is 0 Å². The lowest BCUT2D eigenvalue weighted by Crippen LogP contribution is -2.44. The second-order valence-electron chi connectivity index (χ2n) is 4.92. The summed E-state index contributed by atoms with van der Waals surface area (Å²) >= 11 is 0. The van der Waals surface area contributed by atoms with E-state index in [1.807, 2.05) is 36.4 Å². The topological polar surface area (TPSA) is 72.5 Å². The number of hydrogen-bond donors (Lipinski definition) is 2. The second kappa shape index (κ2) is 6.80. The van der Waals surface area contributed by atoms with E-state index >= 15 is 0 Å². The largest absolute Gasteiger partial charge is 0.486 e. The summed E-state index contributed by atoms with van der Waals surface area (Å²) in [5, 5.41) is 5.55. The molecule has 2 aromatic rings. The van der Waals surface area contributed by atoms with Gasteiger partial charge in [0, 0.05) is 18.9 Å². The first-order valence-corrected chi connectivity index (χ1v) is 7.10. The van der Waals surface area contributed by atoms with E-state index in [-0.39, 0.29) is 12.1 Å². The molecule has 0 saturated heterocycles. The minimum atomic E-state index is -0.244. The third-order valence-corrected chi connectivity index (χ3v) is 3.23. The Morgan fingerprint density at radius 2 is 2.05 bits per heavy atom. The number of para-hydroxylation sites is 2. The van der Waals surface area contributed by atoms with Gasteiger partial charge in [-0.2, -0.15) is 0 Å². The maximum atomic E-state index is 11.8. The lowest BCUT2D eigenvalue weighted by molar-refractivity contribution is 0.0918. The SMILES string of the molecule is O=C(NCc1cccnc1)NC[C@H]1COc2ccccc2O1. The first-order chi connectivity index (χ1) is 10.8. The zero-order valence-corrected chi connectivity index (χ0v) is 12.0. The molecule has 0 aliphatic carbocycles. The van der Waals surface area contributed by atoms with Crippen molar-refractivity contribution in [2.75, 3.05) is 13.2 Å². The van der Waals surface area contributed by atoms with Gasteiger partial charge >= 0.3 is 6.03 Å². The standard InChI is InChI=1S/C16H17N3O3/c20-16(18-9-12-4-3-7-17-8-12)19-10-13-11-21-14-5-1-2-6-15(14)22-13/h1-8,13H,9-11H2,(H2,18,19,20)/t13-/m0/s1. The molecular formula is C16H17N3O3. The van der Waals surface area contributed by atoms with E-state index in [4.69, 9.17) is 9.47 Å². The fourth-order valence-corrected chi connectivity index (χ4v) is 2.12. The fraction of sp³-hybridized carbons (Fsp3) is 0.250. The molecule has 0 radical (unpaired) electrons. The molecule has 1 aliphatic rings. The molecule has 1 aliphatic heterocycles. The zero-order valence-electron chi connectivity index (χ0n) is 12.0. The average Bonchev–Trinajstić information content (AvgIpc) is 2.59. The number of rotatable bonds is 4. The maximum Gasteiger partial charge on any atom is 0.315 e. The number of aromatic nitrogens is 1. The molecule has 3 rings (SSSR count). The van der Waals surface area contributed by atoms with Crippen LogP contribution in [0.25, 0.3) is 0 Å². The average molecular weight is 299 g/mol. The third-order valence-electron chi connectivity index (χ3n) is 3.23. The molecule has 6 nitrogen and oxygen atoms in total. The molecule has 0 spiro atoms. The molecule has 1 aromatic heterocycles. The van der Waals surface area contributed by atoms with Gasteiger partial charge in [-0.05, 0) is 23.8 Å². The van der Waals surface area contributed by atoms with Crippen molar-refractivity contribution in [1.29, 1.82) is 0 Å². The van der Waals surface area contributed by atoms with Crippen LogP contribution >= 0.6 is 0 Å². The van der Waals surface area contributed by atoms with Gasteiger partial charge in [-0.25, -0.2) is 4.79 Å². The quantitative estimate of drug-likeness (QED) is 0.901. The Labute approximate surface area is 128 Å². The molecule has 1 aromatic carbocycles. The van der Waals surface area contributed by atoms with Crippen LogP contribution in [0.2, 0.25) is 0 Å². The van der Waals surface area contributed by atoms with Crippen LogP contribution in [0.3, 0.4) is 0 Å². The van der Waals surface area contributed by atoms with Crippen molar-refractivity contribution < 1.29 is 14.3 Å². The number of carbonyl (C=O) groups is 1. The smallest absolute Gasteiger partial charge is 0.315 e.